The zero-order valence-corrected chi connectivity index (χ0v) is 14.2. The van der Waals surface area contributed by atoms with Gasteiger partial charge in [0, 0.05) is 11.5 Å². The molecule has 0 spiro atoms. The summed E-state index contributed by atoms with van der Waals surface area (Å²) in [5.41, 5.74) is 0. The monoisotopic (exact) mass is 270 g/mol. The number of thiocarbonyl (C=S) groups is 1. The minimum atomic E-state index is -1.23. The van der Waals surface area contributed by atoms with Crippen LogP contribution in [-0.4, -0.2) is 27.0 Å². The molecule has 0 rings (SSSR count). The first kappa shape index (κ1) is 21.1. The molecule has 0 atom stereocenters. The fourth-order valence-electron chi connectivity index (χ4n) is 0.277. The van der Waals surface area contributed by atoms with Gasteiger partial charge in [-0.2, -0.15) is 0 Å². The molecule has 9 heteroatoms. The van der Waals surface area contributed by atoms with Crippen LogP contribution in [0.25, 0.3) is 0 Å². The molecule has 0 aliphatic heterocycles. The first-order valence-corrected chi connectivity index (χ1v) is 5.09. The van der Waals surface area contributed by atoms with Crippen molar-refractivity contribution in [1.82, 2.24) is 0 Å². The maximum atomic E-state index is 9.91. The Morgan fingerprint density at radius 2 is 1.29 bits per heavy atom. The zero-order valence-electron chi connectivity index (χ0n) is 7.77. The number of hydrogen-bond donors (Lipinski definition) is 0. The van der Waals surface area contributed by atoms with E-state index in [2.05, 4.69) is 12.2 Å². The van der Waals surface area contributed by atoms with Gasteiger partial charge in [0.05, 0.1) is 11.9 Å². The normalized spacial score (nSPS) is 8.00. The van der Waals surface area contributed by atoms with E-state index in [0.29, 0.717) is 0 Å². The Morgan fingerprint density at radius 3 is 1.50 bits per heavy atom. The molecule has 0 heterocycles. The molecule has 0 aromatic heterocycles. The van der Waals surface area contributed by atoms with Crippen molar-refractivity contribution in [2.24, 2.45) is 0 Å². The summed E-state index contributed by atoms with van der Waals surface area (Å²) in [6.45, 7) is 0. The van der Waals surface area contributed by atoms with E-state index in [0.717, 1.165) is 23.5 Å². The van der Waals surface area contributed by atoms with Crippen LogP contribution in [0.2, 0.25) is 0 Å². The van der Waals surface area contributed by atoms with E-state index in [1.807, 2.05) is 0 Å². The van der Waals surface area contributed by atoms with Gasteiger partial charge in [-0.3, -0.25) is 0 Å². The van der Waals surface area contributed by atoms with Crippen molar-refractivity contribution in [3.05, 3.63) is 0 Å². The Balaban J connectivity index is -0.000000605. The maximum absolute atomic E-state index is 9.91. The number of hydrogen-bond acceptors (Lipinski definition) is 7. The van der Waals surface area contributed by atoms with Gasteiger partial charge in [0.25, 0.3) is 0 Å². The van der Waals surface area contributed by atoms with E-state index >= 15 is 0 Å². The summed E-state index contributed by atoms with van der Waals surface area (Å²) < 4.78 is 0.267. The number of carboxylic acids is 2. The van der Waals surface area contributed by atoms with Gasteiger partial charge in [0.2, 0.25) is 0 Å². The number of rotatable bonds is 4. The molecular formula is C5H4Na2O4S3. The van der Waals surface area contributed by atoms with Gasteiger partial charge in [-0.05, 0) is 0 Å². The topological polar surface area (TPSA) is 80.3 Å². The van der Waals surface area contributed by atoms with Crippen molar-refractivity contribution in [3.8, 4) is 0 Å². The van der Waals surface area contributed by atoms with Gasteiger partial charge in [-0.25, -0.2) is 0 Å². The molecule has 0 radical (unpaired) electrons. The second-order valence-corrected chi connectivity index (χ2v) is 4.73. The molecule has 0 fully saturated rings. The zero-order chi connectivity index (χ0) is 9.56. The van der Waals surface area contributed by atoms with Gasteiger partial charge in [0.15, 0.2) is 0 Å². The van der Waals surface area contributed by atoms with E-state index in [4.69, 9.17) is 0 Å². The first-order chi connectivity index (χ1) is 5.52. The average molecular weight is 270 g/mol. The van der Waals surface area contributed by atoms with Crippen LogP contribution in [0.3, 0.4) is 0 Å². The summed E-state index contributed by atoms with van der Waals surface area (Å²) in [6, 6.07) is 0. The summed E-state index contributed by atoms with van der Waals surface area (Å²) in [6.07, 6.45) is 0. The Morgan fingerprint density at radius 1 is 1.00 bits per heavy atom. The molecule has 14 heavy (non-hydrogen) atoms. The van der Waals surface area contributed by atoms with E-state index in [1.165, 1.54) is 0 Å². The van der Waals surface area contributed by atoms with Crippen molar-refractivity contribution in [3.63, 3.8) is 0 Å². The maximum Gasteiger partial charge on any atom is 1.00 e. The second-order valence-electron chi connectivity index (χ2n) is 1.57. The molecule has 0 amide bonds. The van der Waals surface area contributed by atoms with Crippen LogP contribution in [0.4, 0.5) is 0 Å². The van der Waals surface area contributed by atoms with Gasteiger partial charge < -0.3 is 19.8 Å². The number of thioether (sulfide) groups is 2. The Bertz CT molecular complexity index is 191. The molecule has 0 aromatic rings. The molecule has 0 aliphatic carbocycles. The Labute approximate surface area is 140 Å². The first-order valence-electron chi connectivity index (χ1n) is 2.71. The van der Waals surface area contributed by atoms with Crippen LogP contribution in [0.15, 0.2) is 0 Å². The van der Waals surface area contributed by atoms with Gasteiger partial charge in [-0.15, -0.1) is 23.5 Å². The third-order valence-corrected chi connectivity index (χ3v) is 3.26. The molecule has 0 saturated heterocycles. The van der Waals surface area contributed by atoms with Crippen LogP contribution in [0, 0.1) is 0 Å². The summed E-state index contributed by atoms with van der Waals surface area (Å²) in [4.78, 5) is 19.8. The molecule has 0 aliphatic rings. The molecule has 0 bridgehead atoms. The van der Waals surface area contributed by atoms with E-state index in [1.54, 1.807) is 0 Å². The van der Waals surface area contributed by atoms with Crippen molar-refractivity contribution >= 4 is 51.2 Å². The summed E-state index contributed by atoms with van der Waals surface area (Å²) in [7, 11) is 0. The quantitative estimate of drug-likeness (QED) is 0.371. The van der Waals surface area contributed by atoms with Gasteiger partial charge in [0.1, 0.15) is 3.53 Å². The number of carbonyl (C=O) groups excluding carboxylic acids is 2. The molecule has 0 unspecified atom stereocenters. The number of carboxylic acid groups (broad SMARTS) is 2. The minimum Gasteiger partial charge on any atom is -0.549 e. The van der Waals surface area contributed by atoms with Crippen LogP contribution in [0.1, 0.15) is 0 Å². The standard InChI is InChI=1S/C5H6O4S3.2Na/c6-3(7)1-11-5(10)12-2-4(8)9;;/h1-2H2,(H,6,7)(H,8,9);;/q;2*+1/p-2. The van der Waals surface area contributed by atoms with Crippen LogP contribution >= 0.6 is 35.7 Å². The predicted molar refractivity (Wildman–Crippen MR) is 47.5 cm³/mol. The number of carbonyl (C=O) groups is 2. The Hall–Kier alpha value is 1.73. The molecule has 0 aromatic carbocycles. The average Bonchev–Trinajstić information content (AvgIpc) is 1.96. The van der Waals surface area contributed by atoms with Crippen molar-refractivity contribution < 1.29 is 78.9 Å². The van der Waals surface area contributed by atoms with Crippen LogP contribution < -0.4 is 69.3 Å². The number of aliphatic carboxylic acids is 2. The smallest absolute Gasteiger partial charge is 0.549 e. The fraction of sp³-hybridized carbons (Fsp3) is 0.400. The molecule has 0 N–H and O–H groups in total. The molecular weight excluding hydrogens is 266 g/mol. The fourth-order valence-corrected chi connectivity index (χ4v) is 1.79. The van der Waals surface area contributed by atoms with Crippen molar-refractivity contribution in [1.29, 1.82) is 0 Å². The molecule has 0 saturated carbocycles. The SMILES string of the molecule is O=C([O-])CSC(=S)SCC(=O)[O-].[Na+].[Na+]. The van der Waals surface area contributed by atoms with Crippen LogP contribution in [-0.2, 0) is 9.59 Å². The predicted octanol–water partition coefficient (Wildman–Crippen LogP) is -7.75. The molecule has 68 valence electrons. The van der Waals surface area contributed by atoms with Gasteiger partial charge in [-0.1, -0.05) is 12.2 Å². The summed E-state index contributed by atoms with van der Waals surface area (Å²) >= 11 is 6.37. The van der Waals surface area contributed by atoms with E-state index in [-0.39, 0.29) is 74.1 Å². The largest absolute Gasteiger partial charge is 1.00 e. The van der Waals surface area contributed by atoms with E-state index in [9.17, 15) is 19.8 Å². The van der Waals surface area contributed by atoms with E-state index < -0.39 is 11.9 Å². The summed E-state index contributed by atoms with van der Waals surface area (Å²) in [5, 5.41) is 19.8. The third kappa shape index (κ3) is 16.2. The van der Waals surface area contributed by atoms with Crippen LogP contribution in [0.5, 0.6) is 0 Å². The van der Waals surface area contributed by atoms with Gasteiger partial charge >= 0.3 is 59.1 Å². The van der Waals surface area contributed by atoms with Crippen molar-refractivity contribution in [2.45, 2.75) is 0 Å². The van der Waals surface area contributed by atoms with Crippen molar-refractivity contribution in [2.75, 3.05) is 11.5 Å². The third-order valence-electron chi connectivity index (χ3n) is 0.616. The summed E-state index contributed by atoms with van der Waals surface area (Å²) in [5.74, 6) is -2.95. The minimum absolute atomic E-state index is 0. The molecule has 4 nitrogen and oxygen atoms in total. The Kier molecular flexibility index (Phi) is 19.3. The second kappa shape index (κ2) is 12.8.